The maximum atomic E-state index is 13.6. The molecule has 3 rings (SSSR count). The summed E-state index contributed by atoms with van der Waals surface area (Å²) in [6, 6.07) is 10.6. The lowest BCUT2D eigenvalue weighted by molar-refractivity contribution is -0.120. The molecular weight excluding hydrogens is 395 g/mol. The molecule has 1 heterocycles. The second-order valence-electron chi connectivity index (χ2n) is 7.98. The van der Waals surface area contributed by atoms with Gasteiger partial charge >= 0.3 is 0 Å². The molecule has 0 saturated heterocycles. The van der Waals surface area contributed by atoms with Crippen LogP contribution in [0.15, 0.2) is 42.5 Å². The minimum atomic E-state index is -3.78. The Kier molecular flexibility index (Phi) is 5.58. The summed E-state index contributed by atoms with van der Waals surface area (Å²) in [5.41, 5.74) is 1.50. The maximum Gasteiger partial charge on any atom is 0.241 e. The Morgan fingerprint density at radius 2 is 2.00 bits per heavy atom. The number of nitrogens with one attached hydrogen (secondary N) is 1. The molecule has 1 N–H and O–H groups in total. The third kappa shape index (κ3) is 5.06. The largest absolute Gasteiger partial charge is 0.487 e. The van der Waals surface area contributed by atoms with Gasteiger partial charge in [0.1, 0.15) is 23.7 Å². The molecule has 1 atom stereocenters. The molecule has 0 aromatic heterocycles. The first-order chi connectivity index (χ1) is 13.4. The minimum Gasteiger partial charge on any atom is -0.487 e. The van der Waals surface area contributed by atoms with Gasteiger partial charge in [-0.15, -0.1) is 0 Å². The van der Waals surface area contributed by atoms with E-state index in [9.17, 15) is 17.6 Å². The maximum absolute atomic E-state index is 13.6. The van der Waals surface area contributed by atoms with Gasteiger partial charge in [0.15, 0.2) is 0 Å². The number of amides is 1. The fourth-order valence-corrected chi connectivity index (χ4v) is 4.35. The zero-order chi connectivity index (χ0) is 21.4. The van der Waals surface area contributed by atoms with Crippen LogP contribution in [0.3, 0.4) is 0 Å². The topological polar surface area (TPSA) is 75.7 Å². The number of nitrogens with zero attached hydrogens (tertiary/aromatic N) is 1. The predicted octanol–water partition coefficient (Wildman–Crippen LogP) is 3.32. The number of benzene rings is 2. The molecule has 2 aromatic rings. The molecule has 0 spiro atoms. The van der Waals surface area contributed by atoms with Crippen molar-refractivity contribution in [2.45, 2.75) is 38.8 Å². The van der Waals surface area contributed by atoms with Crippen LogP contribution in [0.25, 0.3) is 0 Å². The molecule has 0 aliphatic carbocycles. The molecule has 8 heteroatoms. The number of hydrogen-bond donors (Lipinski definition) is 1. The van der Waals surface area contributed by atoms with E-state index in [1.807, 2.05) is 39.0 Å². The molecule has 0 saturated carbocycles. The van der Waals surface area contributed by atoms with Crippen molar-refractivity contribution >= 4 is 21.6 Å². The van der Waals surface area contributed by atoms with E-state index in [0.717, 1.165) is 27.8 Å². The minimum absolute atomic E-state index is 0.103. The van der Waals surface area contributed by atoms with Crippen molar-refractivity contribution in [2.24, 2.45) is 0 Å². The van der Waals surface area contributed by atoms with Crippen molar-refractivity contribution in [1.29, 1.82) is 0 Å². The molecule has 6 nitrogen and oxygen atoms in total. The third-order valence-electron chi connectivity index (χ3n) is 4.74. The van der Waals surface area contributed by atoms with Crippen LogP contribution in [0.1, 0.15) is 37.4 Å². The number of aryl methyl sites for hydroxylation is 1. The lowest BCUT2D eigenvalue weighted by atomic mass is 9.89. The monoisotopic (exact) mass is 420 g/mol. The van der Waals surface area contributed by atoms with Crippen LogP contribution in [0.5, 0.6) is 5.75 Å². The van der Waals surface area contributed by atoms with Gasteiger partial charge in [-0.1, -0.05) is 23.8 Å². The Bertz CT molecular complexity index is 1040. The van der Waals surface area contributed by atoms with Crippen molar-refractivity contribution in [2.75, 3.05) is 17.1 Å². The summed E-state index contributed by atoms with van der Waals surface area (Å²) in [6.45, 7) is 5.38. The van der Waals surface area contributed by atoms with E-state index in [-0.39, 0.29) is 11.7 Å². The Morgan fingerprint density at radius 3 is 2.66 bits per heavy atom. The lowest BCUT2D eigenvalue weighted by Gasteiger charge is -2.38. The van der Waals surface area contributed by atoms with E-state index in [1.165, 1.54) is 18.2 Å². The van der Waals surface area contributed by atoms with E-state index < -0.39 is 33.9 Å². The number of anilines is 1. The Hall–Kier alpha value is -2.61. The SMILES string of the molecule is Cc1ccc2c(c1)[C@@H](NC(=O)CN(c1cccc(F)c1)S(C)(=O)=O)CC(C)(C)O2. The molecule has 1 aliphatic heterocycles. The van der Waals surface area contributed by atoms with E-state index in [0.29, 0.717) is 12.2 Å². The summed E-state index contributed by atoms with van der Waals surface area (Å²) in [5, 5.41) is 2.93. The van der Waals surface area contributed by atoms with Gasteiger partial charge in [-0.05, 0) is 45.0 Å². The first-order valence-corrected chi connectivity index (χ1v) is 11.1. The van der Waals surface area contributed by atoms with Gasteiger partial charge in [0.05, 0.1) is 18.0 Å². The summed E-state index contributed by atoms with van der Waals surface area (Å²) in [4.78, 5) is 12.8. The average molecular weight is 421 g/mol. The van der Waals surface area contributed by atoms with Crippen LogP contribution in [0.2, 0.25) is 0 Å². The number of carbonyl (C=O) groups excluding carboxylic acids is 1. The van der Waals surface area contributed by atoms with Gasteiger partial charge in [-0.25, -0.2) is 12.8 Å². The molecule has 1 aliphatic rings. The normalized spacial score (nSPS) is 17.8. The average Bonchev–Trinajstić information content (AvgIpc) is 2.58. The van der Waals surface area contributed by atoms with Crippen molar-refractivity contribution in [3.63, 3.8) is 0 Å². The number of carbonyl (C=O) groups is 1. The highest BCUT2D eigenvalue weighted by Gasteiger charge is 2.35. The molecular formula is C21H25FN2O4S. The number of hydrogen-bond acceptors (Lipinski definition) is 4. The van der Waals surface area contributed by atoms with Gasteiger partial charge in [-0.3, -0.25) is 9.10 Å². The van der Waals surface area contributed by atoms with Crippen LogP contribution >= 0.6 is 0 Å². The molecule has 29 heavy (non-hydrogen) atoms. The number of halogens is 1. The molecule has 1 amide bonds. The molecule has 0 fully saturated rings. The van der Waals surface area contributed by atoms with Crippen LogP contribution in [0.4, 0.5) is 10.1 Å². The summed E-state index contributed by atoms with van der Waals surface area (Å²) in [7, 11) is -3.78. The zero-order valence-electron chi connectivity index (χ0n) is 16.9. The highest BCUT2D eigenvalue weighted by molar-refractivity contribution is 7.92. The van der Waals surface area contributed by atoms with Crippen LogP contribution < -0.4 is 14.4 Å². The second-order valence-corrected chi connectivity index (χ2v) is 9.88. The van der Waals surface area contributed by atoms with Gasteiger partial charge in [0.25, 0.3) is 0 Å². The second kappa shape index (κ2) is 7.67. The summed E-state index contributed by atoms with van der Waals surface area (Å²) in [5.74, 6) is -0.357. The highest BCUT2D eigenvalue weighted by Crippen LogP contribution is 2.39. The quantitative estimate of drug-likeness (QED) is 0.805. The van der Waals surface area contributed by atoms with Crippen molar-refractivity contribution < 1.29 is 22.3 Å². The standard InChI is InChI=1S/C21H25FN2O4S/c1-14-8-9-19-17(10-14)18(12-21(2,3)28-19)23-20(25)13-24(29(4,26)27)16-7-5-6-15(22)11-16/h5-11,18H,12-13H2,1-4H3,(H,23,25)/t18-/m0/s1. The van der Waals surface area contributed by atoms with E-state index >= 15 is 0 Å². The Balaban J connectivity index is 1.85. The summed E-state index contributed by atoms with van der Waals surface area (Å²) < 4.78 is 44.9. The fourth-order valence-electron chi connectivity index (χ4n) is 3.50. The smallest absolute Gasteiger partial charge is 0.241 e. The summed E-state index contributed by atoms with van der Waals surface area (Å²) >= 11 is 0. The van der Waals surface area contributed by atoms with Crippen LogP contribution in [-0.2, 0) is 14.8 Å². The van der Waals surface area contributed by atoms with Gasteiger partial charge in [0, 0.05) is 12.0 Å². The number of sulfonamides is 1. The molecule has 0 bridgehead atoms. The first-order valence-electron chi connectivity index (χ1n) is 9.27. The molecule has 156 valence electrons. The number of ether oxygens (including phenoxy) is 1. The molecule has 2 aromatic carbocycles. The Morgan fingerprint density at radius 1 is 1.28 bits per heavy atom. The van der Waals surface area contributed by atoms with Crippen LogP contribution in [0, 0.1) is 12.7 Å². The van der Waals surface area contributed by atoms with Crippen molar-refractivity contribution in [1.82, 2.24) is 5.32 Å². The number of rotatable bonds is 5. The Labute approximate surface area is 170 Å². The van der Waals surface area contributed by atoms with E-state index in [2.05, 4.69) is 5.32 Å². The van der Waals surface area contributed by atoms with Crippen LogP contribution in [-0.4, -0.2) is 32.7 Å². The zero-order valence-corrected chi connectivity index (χ0v) is 17.7. The predicted molar refractivity (Wildman–Crippen MR) is 110 cm³/mol. The fraction of sp³-hybridized carbons (Fsp3) is 0.381. The third-order valence-corrected chi connectivity index (χ3v) is 5.88. The lowest BCUT2D eigenvalue weighted by Crippen LogP contribution is -2.45. The summed E-state index contributed by atoms with van der Waals surface area (Å²) in [6.07, 6.45) is 1.52. The molecule has 0 radical (unpaired) electrons. The molecule has 0 unspecified atom stereocenters. The van der Waals surface area contributed by atoms with Crippen molar-refractivity contribution in [3.8, 4) is 5.75 Å². The number of fused-ring (bicyclic) bond motifs is 1. The van der Waals surface area contributed by atoms with Gasteiger partial charge in [0.2, 0.25) is 15.9 Å². The van der Waals surface area contributed by atoms with Crippen molar-refractivity contribution in [3.05, 3.63) is 59.4 Å². The van der Waals surface area contributed by atoms with E-state index in [4.69, 9.17) is 4.74 Å². The highest BCUT2D eigenvalue weighted by atomic mass is 32.2. The van der Waals surface area contributed by atoms with Gasteiger partial charge < -0.3 is 10.1 Å². The van der Waals surface area contributed by atoms with Gasteiger partial charge in [-0.2, -0.15) is 0 Å². The first kappa shape index (κ1) is 21.1. The van der Waals surface area contributed by atoms with E-state index in [1.54, 1.807) is 0 Å².